The number of hydrogen-bond donors (Lipinski definition) is 1. The number of halogens is 2. The Labute approximate surface area is 218 Å². The summed E-state index contributed by atoms with van der Waals surface area (Å²) in [6, 6.07) is 16.6. The van der Waals surface area contributed by atoms with Crippen LogP contribution in [0.1, 0.15) is 34.0 Å². The molecule has 0 aromatic heterocycles. The molecule has 1 saturated heterocycles. The van der Waals surface area contributed by atoms with E-state index in [0.29, 0.717) is 16.3 Å². The number of amides is 1. The predicted molar refractivity (Wildman–Crippen MR) is 142 cm³/mol. The van der Waals surface area contributed by atoms with Gasteiger partial charge in [-0.3, -0.25) is 14.4 Å². The first-order valence-corrected chi connectivity index (χ1v) is 12.5. The number of para-hydroxylation sites is 1. The van der Waals surface area contributed by atoms with Crippen LogP contribution < -0.4 is 10.2 Å². The zero-order chi connectivity index (χ0) is 25.4. The highest BCUT2D eigenvalue weighted by molar-refractivity contribution is 6.37. The molecule has 4 atom stereocenters. The minimum atomic E-state index is -1.33. The van der Waals surface area contributed by atoms with Crippen molar-refractivity contribution in [3.63, 3.8) is 0 Å². The molecule has 0 radical (unpaired) electrons. The highest BCUT2D eigenvalue weighted by Crippen LogP contribution is 2.58. The molecule has 0 aliphatic carbocycles. The maximum absolute atomic E-state index is 14.4. The van der Waals surface area contributed by atoms with Crippen molar-refractivity contribution in [3.05, 3.63) is 99.0 Å². The van der Waals surface area contributed by atoms with Crippen LogP contribution in [0.5, 0.6) is 0 Å². The van der Waals surface area contributed by atoms with Crippen LogP contribution in [0.2, 0.25) is 10.0 Å². The van der Waals surface area contributed by atoms with Gasteiger partial charge in [0, 0.05) is 22.0 Å². The number of ketones is 2. The minimum Gasteiger partial charge on any atom is -0.352 e. The fraction of sp³-hybridized carbons (Fsp3) is 0.207. The third kappa shape index (κ3) is 2.99. The lowest BCUT2D eigenvalue weighted by Crippen LogP contribution is -2.51. The minimum absolute atomic E-state index is 0.188. The summed E-state index contributed by atoms with van der Waals surface area (Å²) in [5.41, 5.74) is 3.11. The van der Waals surface area contributed by atoms with E-state index in [1.807, 2.05) is 66.4 Å². The fourth-order valence-corrected chi connectivity index (χ4v) is 6.81. The number of hydrogen-bond acceptors (Lipinski definition) is 4. The summed E-state index contributed by atoms with van der Waals surface area (Å²) in [6.07, 6.45) is 3.94. The van der Waals surface area contributed by atoms with E-state index in [-0.39, 0.29) is 28.1 Å². The first-order valence-electron chi connectivity index (χ1n) is 11.7. The van der Waals surface area contributed by atoms with Gasteiger partial charge in [0.2, 0.25) is 5.91 Å². The zero-order valence-electron chi connectivity index (χ0n) is 19.6. The molecule has 0 bridgehead atoms. The number of aryl methyl sites for hydroxylation is 1. The Balaban J connectivity index is 1.66. The smallest absolute Gasteiger partial charge is 0.238 e. The van der Waals surface area contributed by atoms with Crippen molar-refractivity contribution in [1.29, 1.82) is 0 Å². The van der Waals surface area contributed by atoms with Crippen LogP contribution in [0.15, 0.2) is 66.7 Å². The van der Waals surface area contributed by atoms with Crippen LogP contribution in [-0.4, -0.2) is 29.6 Å². The lowest BCUT2D eigenvalue weighted by molar-refractivity contribution is -0.122. The van der Waals surface area contributed by atoms with Crippen molar-refractivity contribution < 1.29 is 14.4 Å². The van der Waals surface area contributed by atoms with Gasteiger partial charge in [0.15, 0.2) is 11.6 Å². The van der Waals surface area contributed by atoms with Crippen molar-refractivity contribution in [2.75, 3.05) is 10.2 Å². The van der Waals surface area contributed by atoms with E-state index in [9.17, 15) is 14.4 Å². The Hall–Kier alpha value is -3.41. The highest BCUT2D eigenvalue weighted by atomic mass is 35.5. The molecule has 3 aromatic carbocycles. The summed E-state index contributed by atoms with van der Waals surface area (Å²) in [7, 11) is 0. The topological polar surface area (TPSA) is 66.5 Å². The van der Waals surface area contributed by atoms with Crippen LogP contribution in [0.4, 0.5) is 11.4 Å². The van der Waals surface area contributed by atoms with Crippen LogP contribution in [-0.2, 0) is 15.0 Å². The van der Waals surface area contributed by atoms with E-state index in [4.69, 9.17) is 23.2 Å². The molecule has 5 nitrogen and oxygen atoms in total. The molecule has 0 saturated carbocycles. The van der Waals surface area contributed by atoms with Crippen molar-refractivity contribution in [3.8, 4) is 0 Å². The number of fused-ring (bicyclic) bond motifs is 6. The number of nitrogens with one attached hydrogen (secondary N) is 1. The summed E-state index contributed by atoms with van der Waals surface area (Å²) >= 11 is 12.6. The first-order chi connectivity index (χ1) is 17.2. The molecule has 1 N–H and O–H groups in total. The van der Waals surface area contributed by atoms with Gasteiger partial charge in [0.1, 0.15) is 5.41 Å². The van der Waals surface area contributed by atoms with Crippen LogP contribution in [0.3, 0.4) is 0 Å². The van der Waals surface area contributed by atoms with Gasteiger partial charge in [-0.2, -0.15) is 0 Å². The monoisotopic (exact) mass is 516 g/mol. The third-order valence-corrected chi connectivity index (χ3v) is 8.23. The number of rotatable bonds is 3. The number of nitrogens with zero attached hydrogens (tertiary/aromatic N) is 1. The van der Waals surface area contributed by atoms with E-state index < -0.39 is 23.4 Å². The number of carbonyl (C=O) groups is 3. The van der Waals surface area contributed by atoms with E-state index in [2.05, 4.69) is 5.32 Å². The Bertz CT molecular complexity index is 1510. The Kier molecular flexibility index (Phi) is 5.15. The van der Waals surface area contributed by atoms with Gasteiger partial charge in [-0.05, 0) is 61.4 Å². The SMILES string of the molecule is CC(=O)[C@@H]1[C@@H](C(=O)c2ccc(Cl)cc2Cl)[C@]2(C(=O)Nc3ccccc32)[C@H]2C=Cc3cc(C)ccc3N12. The molecule has 3 heterocycles. The lowest BCUT2D eigenvalue weighted by Gasteiger charge is -2.37. The summed E-state index contributed by atoms with van der Waals surface area (Å²) in [5, 5.41) is 3.58. The van der Waals surface area contributed by atoms with Gasteiger partial charge in [0.05, 0.1) is 23.0 Å². The molecule has 3 aliphatic rings. The average molecular weight is 517 g/mol. The lowest BCUT2D eigenvalue weighted by atomic mass is 9.64. The van der Waals surface area contributed by atoms with Crippen LogP contribution in [0.25, 0.3) is 6.08 Å². The fourth-order valence-electron chi connectivity index (χ4n) is 6.31. The van der Waals surface area contributed by atoms with Gasteiger partial charge in [-0.15, -0.1) is 0 Å². The molecule has 0 unspecified atom stereocenters. The van der Waals surface area contributed by atoms with Gasteiger partial charge >= 0.3 is 0 Å². The Morgan fingerprint density at radius 1 is 1.03 bits per heavy atom. The van der Waals surface area contributed by atoms with E-state index in [1.165, 1.54) is 13.0 Å². The second-order valence-electron chi connectivity index (χ2n) is 9.66. The summed E-state index contributed by atoms with van der Waals surface area (Å²) < 4.78 is 0. The molecule has 36 heavy (non-hydrogen) atoms. The van der Waals surface area contributed by atoms with E-state index >= 15 is 0 Å². The van der Waals surface area contributed by atoms with Gasteiger partial charge in [-0.1, -0.05) is 65.2 Å². The van der Waals surface area contributed by atoms with Crippen LogP contribution in [0, 0.1) is 12.8 Å². The van der Waals surface area contributed by atoms with Crippen LogP contribution >= 0.6 is 23.2 Å². The number of carbonyl (C=O) groups excluding carboxylic acids is 3. The molecule has 3 aromatic rings. The van der Waals surface area contributed by atoms with Gasteiger partial charge < -0.3 is 10.2 Å². The van der Waals surface area contributed by atoms with E-state index in [0.717, 1.165) is 16.8 Å². The quantitative estimate of drug-likeness (QED) is 0.442. The molecule has 3 aliphatic heterocycles. The highest BCUT2D eigenvalue weighted by Gasteiger charge is 2.69. The normalized spacial score (nSPS) is 25.4. The standard InChI is InChI=1S/C29H22Cl2N2O3/c1-15-7-11-23-17(13-15)8-12-24-29(20-5-3-4-6-22(20)32-28(29)36)25(26(16(2)34)33(23)24)27(35)19-10-9-18(30)14-21(19)31/h3-14,24-26H,1-2H3,(H,32,36)/t24-,25+,26-,29-/m1/s1. The second kappa shape index (κ2) is 8.05. The largest absolute Gasteiger partial charge is 0.352 e. The molecule has 1 fully saturated rings. The second-order valence-corrected chi connectivity index (χ2v) is 10.5. The zero-order valence-corrected chi connectivity index (χ0v) is 21.1. The molecule has 7 heteroatoms. The summed E-state index contributed by atoms with van der Waals surface area (Å²) in [4.78, 5) is 43.8. The first kappa shape index (κ1) is 23.0. The molecule has 1 spiro atoms. The van der Waals surface area contributed by atoms with E-state index in [1.54, 1.807) is 12.1 Å². The average Bonchev–Trinajstić information content (AvgIpc) is 3.31. The maximum atomic E-state index is 14.4. The number of Topliss-reactive ketones (excluding diaryl/α,β-unsaturated/α-hetero) is 2. The molecular weight excluding hydrogens is 495 g/mol. The molecule has 1 amide bonds. The number of anilines is 2. The third-order valence-electron chi connectivity index (χ3n) is 7.68. The molecular formula is C29H22Cl2N2O3. The van der Waals surface area contributed by atoms with Crippen molar-refractivity contribution in [2.45, 2.75) is 31.3 Å². The van der Waals surface area contributed by atoms with Gasteiger partial charge in [0.25, 0.3) is 0 Å². The molecule has 6 rings (SSSR count). The summed E-state index contributed by atoms with van der Waals surface area (Å²) in [5.74, 6) is -1.87. The Morgan fingerprint density at radius 2 is 1.81 bits per heavy atom. The predicted octanol–water partition coefficient (Wildman–Crippen LogP) is 5.86. The summed E-state index contributed by atoms with van der Waals surface area (Å²) in [6.45, 7) is 3.49. The Morgan fingerprint density at radius 3 is 2.56 bits per heavy atom. The van der Waals surface area contributed by atoms with Crippen molar-refractivity contribution in [2.24, 2.45) is 5.92 Å². The number of benzene rings is 3. The molecule has 180 valence electrons. The van der Waals surface area contributed by atoms with Crippen molar-refractivity contribution >= 4 is 58.1 Å². The maximum Gasteiger partial charge on any atom is 0.238 e. The van der Waals surface area contributed by atoms with Gasteiger partial charge in [-0.25, -0.2) is 0 Å². The van der Waals surface area contributed by atoms with Crippen molar-refractivity contribution in [1.82, 2.24) is 0 Å².